The Kier molecular flexibility index (Phi) is 4.35. The Balaban J connectivity index is 1.38. The van der Waals surface area contributed by atoms with Crippen molar-refractivity contribution in [2.45, 2.75) is 25.7 Å². The number of esters is 1. The number of Topliss-reactive ketones (excluding diaryl/α,β-unsaturated/α-hetero) is 1. The first-order chi connectivity index (χ1) is 14.5. The van der Waals surface area contributed by atoms with E-state index in [4.69, 9.17) is 4.74 Å². The molecule has 0 radical (unpaired) electrons. The third kappa shape index (κ3) is 2.96. The molecule has 1 aliphatic heterocycles. The van der Waals surface area contributed by atoms with Crippen LogP contribution >= 0.6 is 0 Å². The molecule has 0 bridgehead atoms. The van der Waals surface area contributed by atoms with E-state index in [2.05, 4.69) is 4.98 Å². The Morgan fingerprint density at radius 1 is 1.13 bits per heavy atom. The molecule has 6 heteroatoms. The van der Waals surface area contributed by atoms with E-state index in [1.54, 1.807) is 30.1 Å². The zero-order valence-corrected chi connectivity index (χ0v) is 16.6. The Bertz CT molecular complexity index is 1230. The third-order valence-corrected chi connectivity index (χ3v) is 5.94. The highest BCUT2D eigenvalue weighted by atomic mass is 16.5. The molecule has 3 aromatic rings. The molecule has 2 heterocycles. The van der Waals surface area contributed by atoms with Crippen LogP contribution < -0.4 is 4.90 Å². The Morgan fingerprint density at radius 2 is 1.97 bits per heavy atom. The van der Waals surface area contributed by atoms with Gasteiger partial charge in [0.05, 0.1) is 17.5 Å². The smallest absolute Gasteiger partial charge is 0.339 e. The average Bonchev–Trinajstić information content (AvgIpc) is 3.33. The van der Waals surface area contributed by atoms with Gasteiger partial charge in [-0.25, -0.2) is 4.79 Å². The van der Waals surface area contributed by atoms with Gasteiger partial charge in [0.25, 0.3) is 0 Å². The summed E-state index contributed by atoms with van der Waals surface area (Å²) in [4.78, 5) is 43.7. The molecule has 0 N–H and O–H groups in total. The largest absolute Gasteiger partial charge is 0.454 e. The number of fused-ring (bicyclic) bond motifs is 3. The number of ether oxygens (including phenoxy) is 1. The van der Waals surface area contributed by atoms with Gasteiger partial charge in [0, 0.05) is 29.4 Å². The van der Waals surface area contributed by atoms with E-state index < -0.39 is 5.97 Å². The lowest BCUT2D eigenvalue weighted by atomic mass is 10.0. The van der Waals surface area contributed by atoms with Gasteiger partial charge in [-0.2, -0.15) is 0 Å². The second-order valence-corrected chi connectivity index (χ2v) is 7.76. The Hall–Kier alpha value is -3.54. The Labute approximate surface area is 173 Å². The molecule has 1 aromatic heterocycles. The van der Waals surface area contributed by atoms with Crippen LogP contribution in [0, 0.1) is 0 Å². The molecule has 0 saturated heterocycles. The molecule has 6 nitrogen and oxygen atoms in total. The van der Waals surface area contributed by atoms with Crippen LogP contribution in [0.25, 0.3) is 10.9 Å². The number of carbonyl (C=O) groups excluding carboxylic acids is 3. The molecule has 5 rings (SSSR count). The highest BCUT2D eigenvalue weighted by Crippen LogP contribution is 2.31. The molecule has 2 aromatic carbocycles. The van der Waals surface area contributed by atoms with Crippen LogP contribution in [0.3, 0.4) is 0 Å². The summed E-state index contributed by atoms with van der Waals surface area (Å²) in [5, 5.41) is 0.759. The van der Waals surface area contributed by atoms with Crippen LogP contribution in [0.5, 0.6) is 0 Å². The fourth-order valence-electron chi connectivity index (χ4n) is 4.37. The maximum Gasteiger partial charge on any atom is 0.339 e. The topological polar surface area (TPSA) is 76.6 Å². The second kappa shape index (κ2) is 7.06. The van der Waals surface area contributed by atoms with Gasteiger partial charge >= 0.3 is 5.97 Å². The lowest BCUT2D eigenvalue weighted by Crippen LogP contribution is -2.20. The number of para-hydroxylation sites is 1. The molecule has 2 aliphatic rings. The number of benzene rings is 2. The van der Waals surface area contributed by atoms with E-state index >= 15 is 0 Å². The van der Waals surface area contributed by atoms with Gasteiger partial charge in [-0.3, -0.25) is 14.6 Å². The van der Waals surface area contributed by atoms with Gasteiger partial charge in [-0.1, -0.05) is 18.2 Å². The van der Waals surface area contributed by atoms with Gasteiger partial charge < -0.3 is 9.64 Å². The summed E-state index contributed by atoms with van der Waals surface area (Å²) in [7, 11) is 1.72. The quantitative estimate of drug-likeness (QED) is 0.496. The molecule has 0 fully saturated rings. The zero-order valence-electron chi connectivity index (χ0n) is 16.6. The van der Waals surface area contributed by atoms with Gasteiger partial charge in [-0.15, -0.1) is 0 Å². The standard InChI is InChI=1S/C24H20N2O4/c1-26-20-10-9-14(11-15(20)12-22(26)28)21(27)13-30-24(29)23-16-5-2-3-7-18(16)25-19-8-4-6-17(19)23/h2-3,5,7,9-11H,4,6,8,12-13H2,1H3. The summed E-state index contributed by atoms with van der Waals surface area (Å²) >= 11 is 0. The number of rotatable bonds is 4. The number of pyridine rings is 1. The summed E-state index contributed by atoms with van der Waals surface area (Å²) in [6, 6.07) is 12.7. The number of hydrogen-bond donors (Lipinski definition) is 0. The first-order valence-corrected chi connectivity index (χ1v) is 10.0. The summed E-state index contributed by atoms with van der Waals surface area (Å²) in [5.74, 6) is -0.779. The minimum Gasteiger partial charge on any atom is -0.454 e. The van der Waals surface area contributed by atoms with Crippen LogP contribution in [0.4, 0.5) is 5.69 Å². The van der Waals surface area contributed by atoms with Crippen molar-refractivity contribution in [3.63, 3.8) is 0 Å². The second-order valence-electron chi connectivity index (χ2n) is 7.76. The van der Waals surface area contributed by atoms with E-state index in [-0.39, 0.29) is 24.7 Å². The maximum absolute atomic E-state index is 13.0. The normalized spacial score (nSPS) is 14.7. The number of carbonyl (C=O) groups is 3. The van der Waals surface area contributed by atoms with Crippen LogP contribution in [0.15, 0.2) is 42.5 Å². The fraction of sp³-hybridized carbons (Fsp3) is 0.250. The minimum absolute atomic E-state index is 0.000512. The van der Waals surface area contributed by atoms with Crippen molar-refractivity contribution in [2.24, 2.45) is 0 Å². The highest BCUT2D eigenvalue weighted by molar-refractivity contribution is 6.07. The Morgan fingerprint density at radius 3 is 2.83 bits per heavy atom. The number of ketones is 1. The summed E-state index contributed by atoms with van der Waals surface area (Å²) in [6.07, 6.45) is 2.88. The molecule has 30 heavy (non-hydrogen) atoms. The number of anilines is 1. The van der Waals surface area contributed by atoms with Crippen molar-refractivity contribution in [1.82, 2.24) is 4.98 Å². The number of aromatic nitrogens is 1. The average molecular weight is 400 g/mol. The van der Waals surface area contributed by atoms with Gasteiger partial charge in [-0.05, 0) is 54.7 Å². The van der Waals surface area contributed by atoms with Crippen LogP contribution in [0.1, 0.15) is 44.0 Å². The minimum atomic E-state index is -0.490. The lowest BCUT2D eigenvalue weighted by Gasteiger charge is -2.12. The number of amides is 1. The highest BCUT2D eigenvalue weighted by Gasteiger charge is 2.27. The monoisotopic (exact) mass is 400 g/mol. The van der Waals surface area contributed by atoms with Crippen molar-refractivity contribution in [2.75, 3.05) is 18.6 Å². The van der Waals surface area contributed by atoms with E-state index in [0.717, 1.165) is 52.7 Å². The van der Waals surface area contributed by atoms with E-state index in [1.807, 2.05) is 24.3 Å². The molecule has 150 valence electrons. The fourth-order valence-corrected chi connectivity index (χ4v) is 4.37. The summed E-state index contributed by atoms with van der Waals surface area (Å²) < 4.78 is 5.45. The molecule has 1 aliphatic carbocycles. The van der Waals surface area contributed by atoms with Crippen molar-refractivity contribution in [3.05, 3.63) is 70.4 Å². The molecular formula is C24H20N2O4. The summed E-state index contributed by atoms with van der Waals surface area (Å²) in [5.41, 5.74) is 5.25. The van der Waals surface area contributed by atoms with Crippen LogP contribution in [-0.2, 0) is 28.8 Å². The zero-order chi connectivity index (χ0) is 20.8. The summed E-state index contributed by atoms with van der Waals surface area (Å²) in [6.45, 7) is -0.340. The van der Waals surface area contributed by atoms with Crippen molar-refractivity contribution < 1.29 is 19.1 Å². The predicted octanol–water partition coefficient (Wildman–Crippen LogP) is 3.28. The van der Waals surface area contributed by atoms with Gasteiger partial charge in [0.15, 0.2) is 12.4 Å². The van der Waals surface area contributed by atoms with Gasteiger partial charge in [0.1, 0.15) is 0 Å². The first kappa shape index (κ1) is 18.5. The number of nitrogens with zero attached hydrogens (tertiary/aromatic N) is 2. The van der Waals surface area contributed by atoms with Crippen molar-refractivity contribution >= 4 is 34.3 Å². The molecule has 0 unspecified atom stereocenters. The van der Waals surface area contributed by atoms with Crippen molar-refractivity contribution in [3.8, 4) is 0 Å². The van der Waals surface area contributed by atoms with Crippen LogP contribution in [-0.4, -0.2) is 36.3 Å². The number of aryl methyl sites for hydroxylation is 1. The molecule has 1 amide bonds. The van der Waals surface area contributed by atoms with Gasteiger partial charge in [0.2, 0.25) is 5.91 Å². The predicted molar refractivity (Wildman–Crippen MR) is 112 cm³/mol. The third-order valence-electron chi connectivity index (χ3n) is 5.94. The maximum atomic E-state index is 13.0. The first-order valence-electron chi connectivity index (χ1n) is 10.0. The van der Waals surface area contributed by atoms with E-state index in [9.17, 15) is 14.4 Å². The van der Waals surface area contributed by atoms with E-state index in [0.29, 0.717) is 11.1 Å². The number of likely N-dealkylation sites (N-methyl/N-ethyl adjacent to an activating group) is 1. The molecule has 0 spiro atoms. The van der Waals surface area contributed by atoms with Crippen molar-refractivity contribution in [1.29, 1.82) is 0 Å². The van der Waals surface area contributed by atoms with E-state index in [1.165, 1.54) is 0 Å². The molecular weight excluding hydrogens is 380 g/mol. The lowest BCUT2D eigenvalue weighted by molar-refractivity contribution is -0.117. The molecule has 0 saturated carbocycles. The number of hydrogen-bond acceptors (Lipinski definition) is 5. The van der Waals surface area contributed by atoms with Crippen LogP contribution in [0.2, 0.25) is 0 Å². The SMILES string of the molecule is CN1C(=O)Cc2cc(C(=O)COC(=O)c3c4c(nc5ccccc35)CCC4)ccc21. The molecule has 0 atom stereocenters.